The molecule has 70 heavy (non-hydrogen) atoms. The maximum atomic E-state index is 13.0. The second kappa shape index (κ2) is 24.5. The van der Waals surface area contributed by atoms with E-state index >= 15 is 0 Å². The van der Waals surface area contributed by atoms with Crippen LogP contribution in [0.1, 0.15) is 93.7 Å². The molecule has 5 N–H and O–H groups in total. The molecule has 14 nitrogen and oxygen atoms in total. The molecular weight excluding hydrogens is 1050 g/mol. The van der Waals surface area contributed by atoms with Gasteiger partial charge in [0.2, 0.25) is 0 Å². The summed E-state index contributed by atoms with van der Waals surface area (Å²) in [6, 6.07) is 12.9. The van der Waals surface area contributed by atoms with Crippen LogP contribution < -0.4 is 38.2 Å². The van der Waals surface area contributed by atoms with Crippen molar-refractivity contribution >= 4 is 98.5 Å². The average molecular weight is 1090 g/mol. The number of hydrogen-bond acceptors (Lipinski definition) is 12. The molecule has 0 aromatic carbocycles. The quantitative estimate of drug-likeness (QED) is 0.0245. The minimum Gasteiger partial charge on any atom is -1.00 e. The van der Waals surface area contributed by atoms with Gasteiger partial charge in [0.05, 0.1) is 40.5 Å². The Morgan fingerprint density at radius 2 is 1.10 bits per heavy atom. The van der Waals surface area contributed by atoms with Crippen LogP contribution in [0.15, 0.2) is 97.8 Å². The Balaban J connectivity index is 0.000000287. The van der Waals surface area contributed by atoms with Crippen molar-refractivity contribution in [2.24, 2.45) is 11.8 Å². The standard InChI is InChI=1S/C23H21ClF3N5O2.C21H15ClF3N5O2.C2H5.BrH.Mg/c1-2-22(34,14-3-4-14)16-10-18(24)29-12-17(16)31-21(33)13-7-8-28-20(9-13)32-19-6-5-15(11-30-19)23(25,26)27;22-16-8-14(19(31)11-1-2-11)15(10-27-16)29-20(32)12-5-6-26-18(7-12)30-17-4-3-13(9-28-17)21(23,24)25;1-2;;/h5-12,14,34H,2-4H2,1H3,(H,31,33)(H,28,30,32);3-11H,1-2H2,(H,29,32)(H,26,28,30);1H2,2H3;1H;/q;;-1;;+2/p-1. The molecular formula is C46H41BrCl2F6MgN10O4. The number of halogens is 9. The van der Waals surface area contributed by atoms with E-state index in [1.54, 1.807) is 13.0 Å². The van der Waals surface area contributed by atoms with E-state index in [1.165, 1.54) is 61.2 Å². The van der Waals surface area contributed by atoms with Crippen molar-refractivity contribution in [3.8, 4) is 0 Å². The molecule has 6 aromatic rings. The van der Waals surface area contributed by atoms with Crippen molar-refractivity contribution in [2.45, 2.75) is 63.9 Å². The molecule has 2 fully saturated rings. The first-order valence-electron chi connectivity index (χ1n) is 20.7. The molecule has 2 aliphatic carbocycles. The number of amides is 2. The molecule has 1 unspecified atom stereocenters. The van der Waals surface area contributed by atoms with Gasteiger partial charge in [-0.1, -0.05) is 30.1 Å². The fourth-order valence-electron chi connectivity index (χ4n) is 6.65. The number of rotatable bonds is 13. The predicted octanol–water partition coefficient (Wildman–Crippen LogP) is 8.14. The first-order chi connectivity index (χ1) is 32.3. The van der Waals surface area contributed by atoms with E-state index in [2.05, 4.69) is 58.1 Å². The van der Waals surface area contributed by atoms with Crippen molar-refractivity contribution in [2.75, 3.05) is 21.3 Å². The summed E-state index contributed by atoms with van der Waals surface area (Å²) in [7, 11) is 0. The Hall–Kier alpha value is -5.52. The topological polar surface area (TPSA) is 197 Å². The van der Waals surface area contributed by atoms with E-state index in [4.69, 9.17) is 23.2 Å². The van der Waals surface area contributed by atoms with Crippen LogP contribution >= 0.6 is 23.2 Å². The van der Waals surface area contributed by atoms with Crippen molar-refractivity contribution in [3.63, 3.8) is 0 Å². The van der Waals surface area contributed by atoms with Crippen LogP contribution in [-0.2, 0) is 18.0 Å². The van der Waals surface area contributed by atoms with Gasteiger partial charge in [0.15, 0.2) is 5.78 Å². The van der Waals surface area contributed by atoms with Gasteiger partial charge in [-0.3, -0.25) is 14.4 Å². The number of aromatic nitrogens is 6. The zero-order valence-corrected chi connectivity index (χ0v) is 41.6. The van der Waals surface area contributed by atoms with Gasteiger partial charge >= 0.3 is 35.4 Å². The van der Waals surface area contributed by atoms with Crippen LogP contribution in [-0.4, -0.2) is 75.7 Å². The first kappa shape index (κ1) is 57.1. The SMILES string of the molecule is CCC(O)(c1cc(Cl)ncc1NC(=O)c1ccnc(Nc2ccc(C(F)(F)F)cn2)c1)C1CC1.O=C(Nc1cnc(Cl)cc1C(=O)C1CC1)c1ccnc(Nc2ccc(C(F)(F)F)cn2)c1.[Br-].[CH2-]C.[Mg+2]. The number of Topliss-reactive ketones (excluding diaryl/α,β-unsaturated/α-hetero) is 1. The van der Waals surface area contributed by atoms with Gasteiger partial charge in [0, 0.05) is 53.0 Å². The number of anilines is 6. The second-order valence-corrected chi connectivity index (χ2v) is 15.9. The van der Waals surface area contributed by atoms with Gasteiger partial charge in [0.25, 0.3) is 11.8 Å². The van der Waals surface area contributed by atoms with Crippen LogP contribution in [0.4, 0.5) is 61.0 Å². The van der Waals surface area contributed by atoms with Crippen LogP contribution in [0, 0.1) is 18.8 Å². The molecule has 24 heteroatoms. The summed E-state index contributed by atoms with van der Waals surface area (Å²) in [5.41, 5.74) is -1.05. The van der Waals surface area contributed by atoms with Crippen LogP contribution in [0.25, 0.3) is 0 Å². The van der Waals surface area contributed by atoms with E-state index < -0.39 is 40.9 Å². The molecule has 0 saturated heterocycles. The number of nitrogens with zero attached hydrogens (tertiary/aromatic N) is 6. The maximum absolute atomic E-state index is 13.0. The van der Waals surface area contributed by atoms with Crippen LogP contribution in [0.3, 0.4) is 0 Å². The third-order valence-electron chi connectivity index (χ3n) is 10.4. The van der Waals surface area contributed by atoms with E-state index in [0.717, 1.165) is 43.9 Å². The number of carbonyl (C=O) groups is 3. The summed E-state index contributed by atoms with van der Waals surface area (Å²) in [5, 5.41) is 22.6. The fourth-order valence-corrected chi connectivity index (χ4v) is 6.96. The third-order valence-corrected chi connectivity index (χ3v) is 10.9. The van der Waals surface area contributed by atoms with Gasteiger partial charge in [-0.05, 0) is 98.7 Å². The molecule has 0 spiro atoms. The van der Waals surface area contributed by atoms with Crippen molar-refractivity contribution in [1.29, 1.82) is 0 Å². The number of alkyl halides is 6. The molecule has 2 amide bonds. The molecule has 6 aromatic heterocycles. The average Bonchev–Trinajstić information content (AvgIpc) is 4.26. The zero-order chi connectivity index (χ0) is 49.4. The van der Waals surface area contributed by atoms with Crippen molar-refractivity contribution in [3.05, 3.63) is 148 Å². The maximum Gasteiger partial charge on any atom is 2.00 e. The van der Waals surface area contributed by atoms with E-state index in [9.17, 15) is 45.8 Å². The second-order valence-electron chi connectivity index (χ2n) is 15.2. The van der Waals surface area contributed by atoms with Gasteiger partial charge in [-0.15, -0.1) is 0 Å². The predicted molar refractivity (Wildman–Crippen MR) is 249 cm³/mol. The molecule has 2 saturated carbocycles. The van der Waals surface area contributed by atoms with Gasteiger partial charge < -0.3 is 50.3 Å². The Morgan fingerprint density at radius 1 is 0.643 bits per heavy atom. The van der Waals surface area contributed by atoms with Gasteiger partial charge in [-0.25, -0.2) is 29.9 Å². The molecule has 364 valence electrons. The van der Waals surface area contributed by atoms with Crippen molar-refractivity contribution in [1.82, 2.24) is 29.9 Å². The smallest absolute Gasteiger partial charge is 1.00 e. The zero-order valence-electron chi connectivity index (χ0n) is 37.1. The summed E-state index contributed by atoms with van der Waals surface area (Å²) in [6.45, 7) is 6.87. The molecule has 8 rings (SSSR count). The minimum atomic E-state index is -4.49. The molecule has 0 aliphatic heterocycles. The molecule has 1 atom stereocenters. The van der Waals surface area contributed by atoms with E-state index in [0.29, 0.717) is 35.6 Å². The number of ketones is 1. The Labute approximate surface area is 434 Å². The monoisotopic (exact) mass is 1080 g/mol. The molecule has 0 bridgehead atoms. The third kappa shape index (κ3) is 15.0. The summed E-state index contributed by atoms with van der Waals surface area (Å²) in [5.74, 6) is -0.408. The molecule has 2 aliphatic rings. The van der Waals surface area contributed by atoms with E-state index in [-0.39, 0.29) is 108 Å². The van der Waals surface area contributed by atoms with Crippen molar-refractivity contribution < 1.29 is 62.8 Å². The van der Waals surface area contributed by atoms with Gasteiger partial charge in [0.1, 0.15) is 33.6 Å². The summed E-state index contributed by atoms with van der Waals surface area (Å²) < 4.78 is 76.1. The number of pyridine rings is 6. The van der Waals surface area contributed by atoms with Crippen LogP contribution in [0.2, 0.25) is 10.3 Å². The fraction of sp³-hybridized carbons (Fsp3) is 0.261. The number of aliphatic hydroxyl groups is 1. The number of nitrogens with one attached hydrogen (secondary N) is 4. The number of hydrogen-bond donors (Lipinski definition) is 5. The summed E-state index contributed by atoms with van der Waals surface area (Å²) >= 11 is 12.0. The summed E-state index contributed by atoms with van der Waals surface area (Å²) in [4.78, 5) is 61.8. The normalized spacial score (nSPS) is 13.8. The Bertz CT molecular complexity index is 2770. The number of carbonyl (C=O) groups excluding carboxylic acids is 3. The largest absolute Gasteiger partial charge is 2.00 e. The summed E-state index contributed by atoms with van der Waals surface area (Å²) in [6.07, 6.45) is 1.72. The first-order valence-corrected chi connectivity index (χ1v) is 21.5. The van der Waals surface area contributed by atoms with Crippen LogP contribution in [0.5, 0.6) is 0 Å². The molecule has 6 heterocycles. The Kier molecular flexibility index (Phi) is 20.0. The molecule has 0 radical (unpaired) electrons. The Morgan fingerprint density at radius 3 is 1.51 bits per heavy atom. The van der Waals surface area contributed by atoms with Gasteiger partial charge in [-0.2, -0.15) is 33.3 Å². The minimum absolute atomic E-state index is 0. The van der Waals surface area contributed by atoms with E-state index in [1.807, 2.05) is 6.92 Å².